The zero-order valence-corrected chi connectivity index (χ0v) is 12.1. The molecule has 0 aromatic heterocycles. The first-order valence-corrected chi connectivity index (χ1v) is 8.20. The fourth-order valence-corrected chi connectivity index (χ4v) is 2.87. The normalized spacial score (nSPS) is 16.2. The standard InChI is InChI=1S/C13H16F2N2O3S/c14-13(15)21(19,20)9-10-1-3-11(4-2-10)12(18)17-7-5-16-6-8-17/h1-4,13,16H,5-9H2. The molecule has 0 atom stereocenters. The Labute approximate surface area is 121 Å². The van der Waals surface area contributed by atoms with Gasteiger partial charge in [0.15, 0.2) is 0 Å². The Kier molecular flexibility index (Phi) is 4.89. The highest BCUT2D eigenvalue weighted by Crippen LogP contribution is 2.15. The van der Waals surface area contributed by atoms with Crippen LogP contribution in [0.1, 0.15) is 15.9 Å². The fraction of sp³-hybridized carbons (Fsp3) is 0.462. The van der Waals surface area contributed by atoms with Crippen molar-refractivity contribution in [1.29, 1.82) is 0 Å². The maximum atomic E-state index is 12.3. The summed E-state index contributed by atoms with van der Waals surface area (Å²) >= 11 is 0. The van der Waals surface area contributed by atoms with Gasteiger partial charge in [0.1, 0.15) is 0 Å². The average molecular weight is 318 g/mol. The van der Waals surface area contributed by atoms with E-state index in [4.69, 9.17) is 0 Å². The molecule has 0 spiro atoms. The van der Waals surface area contributed by atoms with Gasteiger partial charge in [-0.25, -0.2) is 8.42 Å². The number of nitrogens with zero attached hydrogens (tertiary/aromatic N) is 1. The largest absolute Gasteiger partial charge is 0.337 e. The number of amides is 1. The molecule has 0 saturated carbocycles. The van der Waals surface area contributed by atoms with E-state index in [0.29, 0.717) is 18.7 Å². The van der Waals surface area contributed by atoms with E-state index in [0.717, 1.165) is 13.1 Å². The SMILES string of the molecule is O=C(c1ccc(CS(=O)(=O)C(F)F)cc1)N1CCNCC1. The van der Waals surface area contributed by atoms with E-state index in [2.05, 4.69) is 5.32 Å². The number of sulfone groups is 1. The van der Waals surface area contributed by atoms with Crippen LogP contribution in [0.15, 0.2) is 24.3 Å². The summed E-state index contributed by atoms with van der Waals surface area (Å²) in [7, 11) is -4.44. The predicted molar refractivity (Wildman–Crippen MR) is 73.8 cm³/mol. The monoisotopic (exact) mass is 318 g/mol. The van der Waals surface area contributed by atoms with Crippen molar-refractivity contribution >= 4 is 15.7 Å². The fourth-order valence-electron chi connectivity index (χ4n) is 2.09. The van der Waals surface area contributed by atoms with Crippen LogP contribution in [0.25, 0.3) is 0 Å². The number of benzene rings is 1. The number of hydrogen-bond donors (Lipinski definition) is 1. The molecule has 0 unspecified atom stereocenters. The van der Waals surface area contributed by atoms with Gasteiger partial charge in [-0.15, -0.1) is 0 Å². The van der Waals surface area contributed by atoms with Gasteiger partial charge in [-0.3, -0.25) is 4.79 Å². The topological polar surface area (TPSA) is 66.5 Å². The van der Waals surface area contributed by atoms with Gasteiger partial charge in [-0.05, 0) is 17.7 Å². The maximum Gasteiger partial charge on any atom is 0.337 e. The molecule has 1 aliphatic heterocycles. The van der Waals surface area contributed by atoms with Crippen molar-refractivity contribution < 1.29 is 22.0 Å². The molecular formula is C13H16F2N2O3S. The Morgan fingerprint density at radius 3 is 2.29 bits per heavy atom. The molecule has 5 nitrogen and oxygen atoms in total. The molecule has 1 aromatic carbocycles. The van der Waals surface area contributed by atoms with E-state index in [-0.39, 0.29) is 11.5 Å². The van der Waals surface area contributed by atoms with Crippen LogP contribution in [0, 0.1) is 0 Å². The van der Waals surface area contributed by atoms with Crippen LogP contribution in [0.5, 0.6) is 0 Å². The predicted octanol–water partition coefficient (Wildman–Crippen LogP) is 0.869. The zero-order chi connectivity index (χ0) is 15.5. The second-order valence-electron chi connectivity index (χ2n) is 4.81. The summed E-state index contributed by atoms with van der Waals surface area (Å²) in [5.74, 6) is -4.26. The lowest BCUT2D eigenvalue weighted by atomic mass is 10.1. The first-order valence-electron chi connectivity index (χ1n) is 6.49. The Morgan fingerprint density at radius 2 is 1.76 bits per heavy atom. The van der Waals surface area contributed by atoms with E-state index < -0.39 is 21.3 Å². The number of halogens is 2. The number of rotatable bonds is 4. The van der Waals surface area contributed by atoms with Gasteiger partial charge in [-0.2, -0.15) is 8.78 Å². The number of hydrogen-bond acceptors (Lipinski definition) is 4. The van der Waals surface area contributed by atoms with Crippen molar-refractivity contribution in [3.63, 3.8) is 0 Å². The van der Waals surface area contributed by atoms with Crippen LogP contribution in [0.2, 0.25) is 0 Å². The Hall–Kier alpha value is -1.54. The van der Waals surface area contributed by atoms with Gasteiger partial charge < -0.3 is 10.2 Å². The summed E-state index contributed by atoms with van der Waals surface area (Å²) in [5, 5.41) is 3.13. The van der Waals surface area contributed by atoms with E-state index in [9.17, 15) is 22.0 Å². The molecule has 0 bridgehead atoms. The van der Waals surface area contributed by atoms with Crippen LogP contribution in [0.3, 0.4) is 0 Å². The molecule has 1 N–H and O–H groups in total. The molecule has 1 fully saturated rings. The number of carbonyl (C=O) groups is 1. The van der Waals surface area contributed by atoms with Gasteiger partial charge in [0, 0.05) is 31.7 Å². The van der Waals surface area contributed by atoms with Crippen LogP contribution >= 0.6 is 0 Å². The lowest BCUT2D eigenvalue weighted by Crippen LogP contribution is -2.46. The molecular weight excluding hydrogens is 302 g/mol. The summed E-state index contributed by atoms with van der Waals surface area (Å²) in [6.45, 7) is 2.69. The van der Waals surface area contributed by atoms with Gasteiger partial charge in [0.2, 0.25) is 9.84 Å². The Balaban J connectivity index is 2.06. The smallest absolute Gasteiger partial charge is 0.336 e. The van der Waals surface area contributed by atoms with Crippen molar-refractivity contribution in [2.75, 3.05) is 26.2 Å². The minimum Gasteiger partial charge on any atom is -0.336 e. The summed E-state index contributed by atoms with van der Waals surface area (Å²) in [5.41, 5.74) is 0.669. The van der Waals surface area contributed by atoms with E-state index in [1.807, 2.05) is 0 Å². The van der Waals surface area contributed by atoms with Crippen molar-refractivity contribution in [3.8, 4) is 0 Å². The van der Waals surface area contributed by atoms with Crippen LogP contribution in [-0.2, 0) is 15.6 Å². The first kappa shape index (κ1) is 15.8. The van der Waals surface area contributed by atoms with E-state index >= 15 is 0 Å². The molecule has 0 radical (unpaired) electrons. The van der Waals surface area contributed by atoms with Crippen molar-refractivity contribution in [2.24, 2.45) is 0 Å². The lowest BCUT2D eigenvalue weighted by Gasteiger charge is -2.27. The molecule has 1 aromatic rings. The average Bonchev–Trinajstić information content (AvgIpc) is 2.48. The van der Waals surface area contributed by atoms with Crippen molar-refractivity contribution in [2.45, 2.75) is 11.5 Å². The minimum atomic E-state index is -4.44. The zero-order valence-electron chi connectivity index (χ0n) is 11.3. The van der Waals surface area contributed by atoms with Gasteiger partial charge in [0.05, 0.1) is 5.75 Å². The molecule has 1 aliphatic rings. The number of alkyl halides is 2. The molecule has 2 rings (SSSR count). The molecule has 0 aliphatic carbocycles. The quantitative estimate of drug-likeness (QED) is 0.894. The highest BCUT2D eigenvalue weighted by molar-refractivity contribution is 7.90. The van der Waals surface area contributed by atoms with Gasteiger partial charge in [0.25, 0.3) is 5.91 Å². The summed E-state index contributed by atoms with van der Waals surface area (Å²) < 4.78 is 46.9. The molecule has 1 saturated heterocycles. The maximum absolute atomic E-state index is 12.3. The van der Waals surface area contributed by atoms with Crippen LogP contribution in [-0.4, -0.2) is 51.2 Å². The van der Waals surface area contributed by atoms with Crippen molar-refractivity contribution in [3.05, 3.63) is 35.4 Å². The third-order valence-electron chi connectivity index (χ3n) is 3.24. The third kappa shape index (κ3) is 3.98. The molecule has 21 heavy (non-hydrogen) atoms. The number of piperazine rings is 1. The molecule has 1 amide bonds. The summed E-state index contributed by atoms with van der Waals surface area (Å²) in [6, 6.07) is 5.74. The number of carbonyl (C=O) groups excluding carboxylic acids is 1. The minimum absolute atomic E-state index is 0.139. The third-order valence-corrected chi connectivity index (χ3v) is 4.52. The molecule has 1 heterocycles. The Morgan fingerprint density at radius 1 is 1.19 bits per heavy atom. The first-order chi connectivity index (χ1) is 9.90. The van der Waals surface area contributed by atoms with Crippen molar-refractivity contribution in [1.82, 2.24) is 10.2 Å². The van der Waals surface area contributed by atoms with E-state index in [1.54, 1.807) is 4.90 Å². The number of nitrogens with one attached hydrogen (secondary N) is 1. The van der Waals surface area contributed by atoms with Crippen LogP contribution < -0.4 is 5.32 Å². The second kappa shape index (κ2) is 6.48. The summed E-state index contributed by atoms with van der Waals surface area (Å²) in [6.07, 6.45) is 0. The van der Waals surface area contributed by atoms with Gasteiger partial charge in [-0.1, -0.05) is 12.1 Å². The highest BCUT2D eigenvalue weighted by Gasteiger charge is 2.24. The van der Waals surface area contributed by atoms with Crippen LogP contribution in [0.4, 0.5) is 8.78 Å². The molecule has 8 heteroatoms. The second-order valence-corrected chi connectivity index (χ2v) is 6.78. The van der Waals surface area contributed by atoms with Gasteiger partial charge >= 0.3 is 5.76 Å². The highest BCUT2D eigenvalue weighted by atomic mass is 32.2. The van der Waals surface area contributed by atoms with E-state index in [1.165, 1.54) is 24.3 Å². The summed E-state index contributed by atoms with van der Waals surface area (Å²) in [4.78, 5) is 13.9. The lowest BCUT2D eigenvalue weighted by molar-refractivity contribution is 0.0736. The Bertz CT molecular complexity index is 596. The molecule has 116 valence electrons.